The van der Waals surface area contributed by atoms with E-state index in [1.165, 1.54) is 0 Å². The zero-order chi connectivity index (χ0) is 12.4. The van der Waals surface area contributed by atoms with Gasteiger partial charge in [0.2, 0.25) is 5.78 Å². The summed E-state index contributed by atoms with van der Waals surface area (Å²) in [5.41, 5.74) is 2.31. The average Bonchev–Trinajstić information content (AvgIpc) is 2.36. The SMILES string of the molecule is Cc1c(Cl)nnc(C(=O)C2=CCCC=N2)c1C. The molecule has 0 N–H and O–H groups in total. The summed E-state index contributed by atoms with van der Waals surface area (Å²) in [5, 5.41) is 7.97. The van der Waals surface area contributed by atoms with Crippen molar-refractivity contribution >= 4 is 23.6 Å². The average molecular weight is 250 g/mol. The number of aliphatic imine (C=N–C) groups is 1. The highest BCUT2D eigenvalue weighted by Crippen LogP contribution is 2.20. The van der Waals surface area contributed by atoms with Crippen LogP contribution in [0.3, 0.4) is 0 Å². The molecule has 1 aromatic heterocycles. The van der Waals surface area contributed by atoms with Crippen LogP contribution in [0.1, 0.15) is 34.5 Å². The van der Waals surface area contributed by atoms with E-state index in [0.717, 1.165) is 24.0 Å². The molecule has 0 saturated carbocycles. The van der Waals surface area contributed by atoms with Gasteiger partial charge in [-0.1, -0.05) is 17.7 Å². The van der Waals surface area contributed by atoms with Crippen molar-refractivity contribution in [1.29, 1.82) is 0 Å². The monoisotopic (exact) mass is 249 g/mol. The quantitative estimate of drug-likeness (QED) is 0.757. The lowest BCUT2D eigenvalue weighted by Gasteiger charge is -2.08. The highest BCUT2D eigenvalue weighted by atomic mass is 35.5. The molecule has 0 aromatic carbocycles. The number of allylic oxidation sites excluding steroid dienone is 2. The van der Waals surface area contributed by atoms with Crippen LogP contribution in [-0.2, 0) is 0 Å². The number of Topliss-reactive ketones (excluding diaryl/α,β-unsaturated/α-hetero) is 1. The van der Waals surface area contributed by atoms with Gasteiger partial charge in [0.15, 0.2) is 5.15 Å². The number of halogens is 1. The summed E-state index contributed by atoms with van der Waals surface area (Å²) in [6.07, 6.45) is 5.29. The lowest BCUT2D eigenvalue weighted by Crippen LogP contribution is -2.11. The molecule has 0 spiro atoms. The number of carbonyl (C=O) groups is 1. The number of hydrogen-bond donors (Lipinski definition) is 0. The van der Waals surface area contributed by atoms with Gasteiger partial charge in [0, 0.05) is 6.21 Å². The van der Waals surface area contributed by atoms with Gasteiger partial charge in [0.05, 0.1) is 0 Å². The zero-order valence-electron chi connectivity index (χ0n) is 9.70. The molecule has 88 valence electrons. The molecule has 5 heteroatoms. The Morgan fingerprint density at radius 3 is 2.65 bits per heavy atom. The van der Waals surface area contributed by atoms with Crippen LogP contribution < -0.4 is 0 Å². The molecule has 0 unspecified atom stereocenters. The Kier molecular flexibility index (Phi) is 3.33. The van der Waals surface area contributed by atoms with Crippen LogP contribution in [0.15, 0.2) is 16.8 Å². The normalized spacial score (nSPS) is 14.6. The molecule has 0 aliphatic carbocycles. The van der Waals surface area contributed by atoms with Gasteiger partial charge in [0.1, 0.15) is 11.4 Å². The topological polar surface area (TPSA) is 55.2 Å². The van der Waals surface area contributed by atoms with Crippen LogP contribution >= 0.6 is 11.6 Å². The lowest BCUT2D eigenvalue weighted by atomic mass is 10.0. The van der Waals surface area contributed by atoms with Crippen LogP contribution in [0, 0.1) is 13.8 Å². The van der Waals surface area contributed by atoms with Crippen molar-refractivity contribution in [3.63, 3.8) is 0 Å². The molecule has 2 heterocycles. The molecular formula is C12H12ClN3O. The van der Waals surface area contributed by atoms with Crippen molar-refractivity contribution in [2.75, 3.05) is 0 Å². The van der Waals surface area contributed by atoms with Crippen LogP contribution in [-0.4, -0.2) is 22.2 Å². The molecule has 0 radical (unpaired) electrons. The number of nitrogens with zero attached hydrogens (tertiary/aromatic N) is 3. The van der Waals surface area contributed by atoms with E-state index in [9.17, 15) is 4.79 Å². The van der Waals surface area contributed by atoms with Gasteiger partial charge in [0.25, 0.3) is 0 Å². The van der Waals surface area contributed by atoms with Gasteiger partial charge < -0.3 is 0 Å². The van der Waals surface area contributed by atoms with E-state index in [1.54, 1.807) is 6.21 Å². The Balaban J connectivity index is 2.41. The third-order valence-corrected chi connectivity index (χ3v) is 3.14. The molecule has 1 aliphatic heterocycles. The molecule has 0 amide bonds. The van der Waals surface area contributed by atoms with Crippen molar-refractivity contribution in [3.8, 4) is 0 Å². The largest absolute Gasteiger partial charge is 0.285 e. The Labute approximate surface area is 104 Å². The Morgan fingerprint density at radius 2 is 2.00 bits per heavy atom. The van der Waals surface area contributed by atoms with Crippen molar-refractivity contribution in [2.24, 2.45) is 4.99 Å². The van der Waals surface area contributed by atoms with E-state index in [4.69, 9.17) is 11.6 Å². The molecular weight excluding hydrogens is 238 g/mol. The Morgan fingerprint density at radius 1 is 1.24 bits per heavy atom. The number of carbonyl (C=O) groups excluding carboxylic acids is 1. The third-order valence-electron chi connectivity index (χ3n) is 2.78. The smallest absolute Gasteiger partial charge is 0.231 e. The number of hydrogen-bond acceptors (Lipinski definition) is 4. The van der Waals surface area contributed by atoms with Gasteiger partial charge in [-0.25, -0.2) is 0 Å². The summed E-state index contributed by atoms with van der Waals surface area (Å²) < 4.78 is 0. The van der Waals surface area contributed by atoms with E-state index < -0.39 is 0 Å². The Bertz CT molecular complexity index is 535. The molecule has 2 rings (SSSR count). The molecule has 4 nitrogen and oxygen atoms in total. The predicted molar refractivity (Wildman–Crippen MR) is 66.7 cm³/mol. The van der Waals surface area contributed by atoms with Crippen LogP contribution in [0.2, 0.25) is 5.15 Å². The van der Waals surface area contributed by atoms with Crippen LogP contribution in [0.4, 0.5) is 0 Å². The fourth-order valence-corrected chi connectivity index (χ4v) is 1.75. The van der Waals surface area contributed by atoms with Crippen molar-refractivity contribution < 1.29 is 4.79 Å². The maximum Gasteiger partial charge on any atom is 0.231 e. The van der Waals surface area contributed by atoms with E-state index in [2.05, 4.69) is 15.2 Å². The van der Waals surface area contributed by atoms with Gasteiger partial charge in [-0.15, -0.1) is 10.2 Å². The summed E-state index contributed by atoms with van der Waals surface area (Å²) >= 11 is 5.85. The molecule has 0 bridgehead atoms. The summed E-state index contributed by atoms with van der Waals surface area (Å²) in [7, 11) is 0. The zero-order valence-corrected chi connectivity index (χ0v) is 10.5. The summed E-state index contributed by atoms with van der Waals surface area (Å²) in [4.78, 5) is 16.2. The molecule has 0 saturated heterocycles. The second-order valence-corrected chi connectivity index (χ2v) is 4.25. The molecule has 0 atom stereocenters. The lowest BCUT2D eigenvalue weighted by molar-refractivity contribution is 0.102. The van der Waals surface area contributed by atoms with Crippen molar-refractivity contribution in [2.45, 2.75) is 26.7 Å². The summed E-state index contributed by atoms with van der Waals surface area (Å²) in [5.74, 6) is -0.189. The number of ketones is 1. The second-order valence-electron chi connectivity index (χ2n) is 3.90. The van der Waals surface area contributed by atoms with Crippen molar-refractivity contribution in [1.82, 2.24) is 10.2 Å². The standard InChI is InChI=1S/C12H12ClN3O/c1-7-8(2)12(13)16-15-10(7)11(17)9-5-3-4-6-14-9/h5-6H,3-4H2,1-2H3. The molecule has 0 fully saturated rings. The van der Waals surface area contributed by atoms with Gasteiger partial charge in [-0.2, -0.15) is 0 Å². The molecule has 1 aromatic rings. The van der Waals surface area contributed by atoms with E-state index >= 15 is 0 Å². The molecule has 1 aliphatic rings. The number of aromatic nitrogens is 2. The Hall–Kier alpha value is -1.55. The van der Waals surface area contributed by atoms with Crippen molar-refractivity contribution in [3.05, 3.63) is 33.7 Å². The maximum absolute atomic E-state index is 12.2. The fourth-order valence-electron chi connectivity index (χ4n) is 1.57. The first-order valence-electron chi connectivity index (χ1n) is 5.38. The van der Waals surface area contributed by atoms with E-state index in [1.807, 2.05) is 19.9 Å². The van der Waals surface area contributed by atoms with E-state index in [0.29, 0.717) is 16.5 Å². The molecule has 17 heavy (non-hydrogen) atoms. The third kappa shape index (κ3) is 2.26. The first-order chi connectivity index (χ1) is 8.11. The predicted octanol–water partition coefficient (Wildman–Crippen LogP) is 2.68. The first-order valence-corrected chi connectivity index (χ1v) is 5.76. The first kappa shape index (κ1) is 11.9. The van der Waals surface area contributed by atoms with Gasteiger partial charge >= 0.3 is 0 Å². The van der Waals surface area contributed by atoms with Crippen LogP contribution in [0.25, 0.3) is 0 Å². The minimum atomic E-state index is -0.189. The fraction of sp³-hybridized carbons (Fsp3) is 0.333. The summed E-state index contributed by atoms with van der Waals surface area (Å²) in [6, 6.07) is 0. The van der Waals surface area contributed by atoms with Gasteiger partial charge in [-0.05, 0) is 37.8 Å². The minimum Gasteiger partial charge on any atom is -0.285 e. The highest BCUT2D eigenvalue weighted by Gasteiger charge is 2.19. The van der Waals surface area contributed by atoms with Crippen LogP contribution in [0.5, 0.6) is 0 Å². The highest BCUT2D eigenvalue weighted by molar-refractivity contribution is 6.30. The second kappa shape index (κ2) is 4.75. The van der Waals surface area contributed by atoms with E-state index in [-0.39, 0.29) is 5.78 Å². The number of rotatable bonds is 2. The minimum absolute atomic E-state index is 0.189. The van der Waals surface area contributed by atoms with Gasteiger partial charge in [-0.3, -0.25) is 9.79 Å². The summed E-state index contributed by atoms with van der Waals surface area (Å²) in [6.45, 7) is 3.64. The maximum atomic E-state index is 12.2.